The molecule has 17 heavy (non-hydrogen) atoms. The third-order valence-electron chi connectivity index (χ3n) is 3.33. The summed E-state index contributed by atoms with van der Waals surface area (Å²) in [4.78, 5) is 3.67. The molecule has 1 aliphatic rings. The number of likely N-dealkylation sites (N-methyl/N-ethyl adjacent to an activating group) is 1. The lowest BCUT2D eigenvalue weighted by Gasteiger charge is -2.29. The van der Waals surface area contributed by atoms with Crippen LogP contribution >= 0.6 is 11.8 Å². The van der Waals surface area contributed by atoms with Gasteiger partial charge in [0.25, 0.3) is 0 Å². The first-order valence-electron chi connectivity index (χ1n) is 6.27. The molecule has 0 aromatic heterocycles. The summed E-state index contributed by atoms with van der Waals surface area (Å²) in [5.74, 6) is 1.26. The number of nitrogens with two attached hydrogens (primary N) is 1. The zero-order chi connectivity index (χ0) is 12.4. The number of rotatable bonds is 3. The van der Waals surface area contributed by atoms with Crippen LogP contribution in [0.5, 0.6) is 0 Å². The highest BCUT2D eigenvalue weighted by molar-refractivity contribution is 7.99. The van der Waals surface area contributed by atoms with E-state index in [1.165, 1.54) is 34.6 Å². The fourth-order valence-electron chi connectivity index (χ4n) is 2.64. The Hall–Kier alpha value is -0.510. The average molecular weight is 250 g/mol. The van der Waals surface area contributed by atoms with Gasteiger partial charge in [-0.2, -0.15) is 0 Å². The molecule has 1 aromatic carbocycles. The molecule has 0 bridgehead atoms. The van der Waals surface area contributed by atoms with Crippen LogP contribution in [0, 0.1) is 0 Å². The summed E-state index contributed by atoms with van der Waals surface area (Å²) in [6, 6.07) is 7.33. The summed E-state index contributed by atoms with van der Waals surface area (Å²) in [6.07, 6.45) is 2.52. The third-order valence-corrected chi connectivity index (χ3v) is 4.53. The van der Waals surface area contributed by atoms with Crippen LogP contribution < -0.4 is 5.73 Å². The highest BCUT2D eigenvalue weighted by Crippen LogP contribution is 2.33. The van der Waals surface area contributed by atoms with Crippen LogP contribution in [0.1, 0.15) is 30.5 Å². The second kappa shape index (κ2) is 5.42. The number of benzene rings is 1. The SMILES string of the molecule is CC(N)C(c1ccc2c(c1)CCCS2)N(C)C. The second-order valence-corrected chi connectivity index (χ2v) is 6.22. The van der Waals surface area contributed by atoms with E-state index in [-0.39, 0.29) is 6.04 Å². The first-order chi connectivity index (χ1) is 8.09. The molecule has 1 aromatic rings. The largest absolute Gasteiger partial charge is 0.326 e. The van der Waals surface area contributed by atoms with Gasteiger partial charge in [0.2, 0.25) is 0 Å². The number of fused-ring (bicyclic) bond motifs is 1. The van der Waals surface area contributed by atoms with E-state index in [9.17, 15) is 0 Å². The van der Waals surface area contributed by atoms with Crippen LogP contribution in [0.4, 0.5) is 0 Å². The Balaban J connectivity index is 2.31. The molecule has 1 aliphatic heterocycles. The minimum atomic E-state index is 0.152. The van der Waals surface area contributed by atoms with Gasteiger partial charge in [0.15, 0.2) is 0 Å². The zero-order valence-corrected chi connectivity index (χ0v) is 11.8. The van der Waals surface area contributed by atoms with Gasteiger partial charge in [0, 0.05) is 17.0 Å². The molecule has 94 valence electrons. The quantitative estimate of drug-likeness (QED) is 0.894. The summed E-state index contributed by atoms with van der Waals surface area (Å²) >= 11 is 1.98. The van der Waals surface area contributed by atoms with Crippen molar-refractivity contribution >= 4 is 11.8 Å². The fraction of sp³-hybridized carbons (Fsp3) is 0.571. The minimum absolute atomic E-state index is 0.152. The highest BCUT2D eigenvalue weighted by atomic mass is 32.2. The van der Waals surface area contributed by atoms with E-state index in [2.05, 4.69) is 44.1 Å². The van der Waals surface area contributed by atoms with Gasteiger partial charge in [-0.15, -0.1) is 11.8 Å². The van der Waals surface area contributed by atoms with E-state index >= 15 is 0 Å². The molecule has 1 heterocycles. The first-order valence-corrected chi connectivity index (χ1v) is 7.26. The average Bonchev–Trinajstić information content (AvgIpc) is 2.28. The van der Waals surface area contributed by atoms with Crippen LogP contribution in [-0.4, -0.2) is 30.8 Å². The number of hydrogen-bond donors (Lipinski definition) is 1. The monoisotopic (exact) mass is 250 g/mol. The Morgan fingerprint density at radius 1 is 1.35 bits per heavy atom. The molecule has 0 saturated carbocycles. The molecular weight excluding hydrogens is 228 g/mol. The fourth-order valence-corrected chi connectivity index (χ4v) is 3.66. The predicted molar refractivity (Wildman–Crippen MR) is 75.6 cm³/mol. The normalized spacial score (nSPS) is 18.9. The van der Waals surface area contributed by atoms with Gasteiger partial charge in [0.1, 0.15) is 0 Å². The lowest BCUT2D eigenvalue weighted by atomic mass is 9.96. The van der Waals surface area contributed by atoms with Crippen LogP contribution in [0.25, 0.3) is 0 Å². The van der Waals surface area contributed by atoms with Crippen LogP contribution in [0.2, 0.25) is 0 Å². The molecular formula is C14H22N2S. The summed E-state index contributed by atoms with van der Waals surface area (Å²) < 4.78 is 0. The first kappa shape index (κ1) is 12.9. The number of aryl methyl sites for hydroxylation is 1. The molecule has 0 amide bonds. The lowest BCUT2D eigenvalue weighted by Crippen LogP contribution is -2.35. The minimum Gasteiger partial charge on any atom is -0.326 e. The second-order valence-electron chi connectivity index (χ2n) is 5.09. The Labute approximate surface area is 109 Å². The van der Waals surface area contributed by atoms with Crippen LogP contribution in [-0.2, 0) is 6.42 Å². The Kier molecular flexibility index (Phi) is 4.13. The predicted octanol–water partition coefficient (Wildman–Crippen LogP) is 2.67. The standard InChI is InChI=1S/C14H22N2S/c1-10(15)14(16(2)3)12-6-7-13-11(9-12)5-4-8-17-13/h6-7,9-10,14H,4-5,8,15H2,1-3H3. The molecule has 2 atom stereocenters. The van der Waals surface area contributed by atoms with Crippen molar-refractivity contribution in [2.45, 2.75) is 36.7 Å². The van der Waals surface area contributed by atoms with Gasteiger partial charge in [-0.1, -0.05) is 12.1 Å². The number of hydrogen-bond acceptors (Lipinski definition) is 3. The van der Waals surface area contributed by atoms with Gasteiger partial charge < -0.3 is 10.6 Å². The maximum Gasteiger partial charge on any atom is 0.0491 e. The van der Waals surface area contributed by atoms with Gasteiger partial charge in [-0.05, 0) is 56.8 Å². The summed E-state index contributed by atoms with van der Waals surface area (Å²) in [5.41, 5.74) is 8.96. The number of nitrogens with zero attached hydrogens (tertiary/aromatic N) is 1. The zero-order valence-electron chi connectivity index (χ0n) is 10.9. The van der Waals surface area contributed by atoms with Gasteiger partial charge in [-0.3, -0.25) is 0 Å². The van der Waals surface area contributed by atoms with Gasteiger partial charge in [0.05, 0.1) is 0 Å². The summed E-state index contributed by atoms with van der Waals surface area (Å²) in [5, 5.41) is 0. The van der Waals surface area contributed by atoms with Crippen molar-refractivity contribution in [3.63, 3.8) is 0 Å². The molecule has 2 N–H and O–H groups in total. The molecule has 2 unspecified atom stereocenters. The van der Waals surface area contributed by atoms with Crippen molar-refractivity contribution in [2.75, 3.05) is 19.8 Å². The van der Waals surface area contributed by atoms with Gasteiger partial charge in [-0.25, -0.2) is 0 Å². The van der Waals surface area contributed by atoms with E-state index in [1.54, 1.807) is 0 Å². The van der Waals surface area contributed by atoms with E-state index in [0.717, 1.165) is 0 Å². The molecule has 0 radical (unpaired) electrons. The van der Waals surface area contributed by atoms with Crippen molar-refractivity contribution in [1.82, 2.24) is 4.90 Å². The molecule has 2 nitrogen and oxygen atoms in total. The van der Waals surface area contributed by atoms with E-state index in [1.807, 2.05) is 11.8 Å². The highest BCUT2D eigenvalue weighted by Gasteiger charge is 2.20. The van der Waals surface area contributed by atoms with Crippen LogP contribution in [0.3, 0.4) is 0 Å². The van der Waals surface area contributed by atoms with Crippen LogP contribution in [0.15, 0.2) is 23.1 Å². The van der Waals surface area contributed by atoms with Crippen molar-refractivity contribution in [1.29, 1.82) is 0 Å². The van der Waals surface area contributed by atoms with Crippen molar-refractivity contribution in [3.05, 3.63) is 29.3 Å². The maximum atomic E-state index is 6.10. The Morgan fingerprint density at radius 3 is 2.76 bits per heavy atom. The molecule has 0 spiro atoms. The van der Waals surface area contributed by atoms with Crippen molar-refractivity contribution in [2.24, 2.45) is 5.73 Å². The molecule has 0 saturated heterocycles. The number of thioether (sulfide) groups is 1. The third kappa shape index (κ3) is 2.84. The maximum absolute atomic E-state index is 6.10. The summed E-state index contributed by atoms with van der Waals surface area (Å²) in [7, 11) is 4.20. The molecule has 0 fully saturated rings. The van der Waals surface area contributed by atoms with Crippen molar-refractivity contribution < 1.29 is 0 Å². The van der Waals surface area contributed by atoms with E-state index < -0.39 is 0 Å². The Bertz CT molecular complexity index is 380. The van der Waals surface area contributed by atoms with E-state index in [0.29, 0.717) is 6.04 Å². The smallest absolute Gasteiger partial charge is 0.0491 e. The van der Waals surface area contributed by atoms with Crippen molar-refractivity contribution in [3.8, 4) is 0 Å². The Morgan fingerprint density at radius 2 is 2.12 bits per heavy atom. The van der Waals surface area contributed by atoms with E-state index in [4.69, 9.17) is 5.73 Å². The molecule has 2 rings (SSSR count). The molecule has 3 heteroatoms. The van der Waals surface area contributed by atoms with Gasteiger partial charge >= 0.3 is 0 Å². The lowest BCUT2D eigenvalue weighted by molar-refractivity contribution is 0.266. The molecule has 0 aliphatic carbocycles. The summed E-state index contributed by atoms with van der Waals surface area (Å²) in [6.45, 7) is 2.08. The topological polar surface area (TPSA) is 29.3 Å².